The zero-order chi connectivity index (χ0) is 23.6. The van der Waals surface area contributed by atoms with Crippen LogP contribution in [0.3, 0.4) is 0 Å². The summed E-state index contributed by atoms with van der Waals surface area (Å²) in [5.74, 6) is -0.238. The van der Waals surface area contributed by atoms with Gasteiger partial charge in [-0.1, -0.05) is 12.1 Å². The monoisotopic (exact) mass is 452 g/mol. The van der Waals surface area contributed by atoms with Gasteiger partial charge in [0.1, 0.15) is 17.5 Å². The zero-order valence-corrected chi connectivity index (χ0v) is 18.6. The van der Waals surface area contributed by atoms with Crippen molar-refractivity contribution in [3.8, 4) is 11.3 Å². The van der Waals surface area contributed by atoms with E-state index in [2.05, 4.69) is 15.5 Å². The maximum atomic E-state index is 14.6. The zero-order valence-electron chi connectivity index (χ0n) is 18.6. The minimum Gasteiger partial charge on any atom is -0.389 e. The van der Waals surface area contributed by atoms with Gasteiger partial charge in [0.05, 0.1) is 23.4 Å². The Labute approximate surface area is 191 Å². The first-order chi connectivity index (χ1) is 15.7. The molecule has 1 aliphatic rings. The summed E-state index contributed by atoms with van der Waals surface area (Å²) >= 11 is 0. The van der Waals surface area contributed by atoms with Crippen molar-refractivity contribution in [2.24, 2.45) is 0 Å². The van der Waals surface area contributed by atoms with Gasteiger partial charge in [-0.2, -0.15) is 0 Å². The Balaban J connectivity index is 1.57. The number of amides is 1. The van der Waals surface area contributed by atoms with Crippen molar-refractivity contribution in [3.05, 3.63) is 71.8 Å². The molecular weight excluding hydrogens is 426 g/mol. The summed E-state index contributed by atoms with van der Waals surface area (Å²) in [6, 6.07) is 14.1. The van der Waals surface area contributed by atoms with Crippen molar-refractivity contribution >= 4 is 17.9 Å². The van der Waals surface area contributed by atoms with Crippen molar-refractivity contribution < 1.29 is 18.7 Å². The summed E-state index contributed by atoms with van der Waals surface area (Å²) in [5, 5.41) is 21.9. The Kier molecular flexibility index (Phi) is 6.12. The van der Waals surface area contributed by atoms with Gasteiger partial charge < -0.3 is 15.3 Å². The van der Waals surface area contributed by atoms with Crippen LogP contribution in [0.2, 0.25) is 0 Å². The quantitative estimate of drug-likeness (QED) is 0.487. The van der Waals surface area contributed by atoms with Gasteiger partial charge in [-0.15, -0.1) is 10.2 Å². The highest BCUT2D eigenvalue weighted by Crippen LogP contribution is 2.43. The summed E-state index contributed by atoms with van der Waals surface area (Å²) < 4.78 is 27.9. The van der Waals surface area contributed by atoms with E-state index >= 15 is 0 Å². The van der Waals surface area contributed by atoms with Crippen molar-refractivity contribution in [3.63, 3.8) is 0 Å². The second kappa shape index (κ2) is 8.86. The molecule has 1 fully saturated rings. The average molecular weight is 453 g/mol. The predicted octanol–water partition coefficient (Wildman–Crippen LogP) is 4.65. The summed E-state index contributed by atoms with van der Waals surface area (Å²) in [6.45, 7) is 3.24. The normalized spacial score (nSPS) is 14.9. The van der Waals surface area contributed by atoms with Crippen molar-refractivity contribution in [2.45, 2.75) is 44.2 Å². The molecule has 1 saturated carbocycles. The molecule has 1 heterocycles. The van der Waals surface area contributed by atoms with Crippen LogP contribution >= 0.6 is 0 Å². The molecule has 172 valence electrons. The number of hydrogen-bond acceptors (Lipinski definition) is 5. The molecule has 0 aliphatic heterocycles. The number of rotatable bonds is 8. The molecule has 33 heavy (non-hydrogen) atoms. The van der Waals surface area contributed by atoms with Crippen LogP contribution in [-0.4, -0.2) is 33.9 Å². The van der Waals surface area contributed by atoms with Gasteiger partial charge in [0.25, 0.3) is 0 Å². The fraction of sp³-hybridized carbons (Fsp3) is 0.320. The lowest BCUT2D eigenvalue weighted by molar-refractivity contribution is -0.108. The molecule has 0 unspecified atom stereocenters. The molecule has 8 heteroatoms. The van der Waals surface area contributed by atoms with Gasteiger partial charge in [0.15, 0.2) is 0 Å². The largest absolute Gasteiger partial charge is 0.389 e. The second-order valence-corrected chi connectivity index (χ2v) is 9.08. The second-order valence-electron chi connectivity index (χ2n) is 9.08. The first-order valence-electron chi connectivity index (χ1n) is 10.8. The van der Waals surface area contributed by atoms with Gasteiger partial charge in [0, 0.05) is 11.3 Å². The van der Waals surface area contributed by atoms with E-state index in [-0.39, 0.29) is 23.5 Å². The van der Waals surface area contributed by atoms with Gasteiger partial charge in [0.2, 0.25) is 6.41 Å². The summed E-state index contributed by atoms with van der Waals surface area (Å²) in [6.07, 6.45) is 3.43. The van der Waals surface area contributed by atoms with Gasteiger partial charge in [-0.25, -0.2) is 8.78 Å². The first kappa shape index (κ1) is 22.8. The molecule has 1 aliphatic carbocycles. The van der Waals surface area contributed by atoms with Crippen molar-refractivity contribution in [2.75, 3.05) is 16.8 Å². The molecular formula is C25H26F2N4O2. The highest BCUT2D eigenvalue weighted by Gasteiger charge is 2.39. The fourth-order valence-electron chi connectivity index (χ4n) is 4.07. The van der Waals surface area contributed by atoms with E-state index in [9.17, 15) is 18.7 Å². The Bertz CT molecular complexity index is 1120. The average Bonchev–Trinajstić information content (AvgIpc) is 2.76. The standard InChI is InChI=1S/C25H26F2N4O2/c1-24(2,33)15-31(16-32)19-8-9-21(27)20(14-19)22-10-11-23(30-29-22)28-25(12-3-13-25)17-4-6-18(26)7-5-17/h4-11,14,16,33H,3,12-13,15H2,1-2H3,(H,28,30). The molecule has 1 amide bonds. The lowest BCUT2D eigenvalue weighted by atomic mass is 9.72. The molecule has 0 bridgehead atoms. The third-order valence-corrected chi connectivity index (χ3v) is 5.88. The van der Waals surface area contributed by atoms with Crippen LogP contribution < -0.4 is 10.2 Å². The van der Waals surface area contributed by atoms with E-state index < -0.39 is 11.4 Å². The molecule has 0 radical (unpaired) electrons. The van der Waals surface area contributed by atoms with E-state index in [4.69, 9.17) is 0 Å². The van der Waals surface area contributed by atoms with E-state index in [0.717, 1.165) is 24.8 Å². The molecule has 6 nitrogen and oxygen atoms in total. The number of hydrogen-bond donors (Lipinski definition) is 2. The van der Waals surface area contributed by atoms with Crippen molar-refractivity contribution in [1.82, 2.24) is 10.2 Å². The number of aliphatic hydroxyl groups is 1. The van der Waals surface area contributed by atoms with Crippen LogP contribution in [0.25, 0.3) is 11.3 Å². The minimum absolute atomic E-state index is 0.0571. The SMILES string of the molecule is CC(C)(O)CN(C=O)c1ccc(F)c(-c2ccc(NC3(c4ccc(F)cc4)CCC3)nn2)c1. The molecule has 2 aromatic carbocycles. The molecule has 1 aromatic heterocycles. The number of nitrogens with one attached hydrogen (secondary N) is 1. The molecule has 0 saturated heterocycles. The van der Waals surface area contributed by atoms with Crippen LogP contribution in [0, 0.1) is 11.6 Å². The number of benzene rings is 2. The van der Waals surface area contributed by atoms with Gasteiger partial charge >= 0.3 is 0 Å². The van der Waals surface area contributed by atoms with Crippen LogP contribution in [0.4, 0.5) is 20.3 Å². The van der Waals surface area contributed by atoms with Crippen molar-refractivity contribution in [1.29, 1.82) is 0 Å². The lowest BCUT2D eigenvalue weighted by Gasteiger charge is -2.43. The summed E-state index contributed by atoms with van der Waals surface area (Å²) in [7, 11) is 0. The predicted molar refractivity (Wildman–Crippen MR) is 123 cm³/mol. The van der Waals surface area contributed by atoms with Gasteiger partial charge in [-0.3, -0.25) is 4.79 Å². The number of aromatic nitrogens is 2. The number of nitrogens with zero attached hydrogens (tertiary/aromatic N) is 3. The van der Waals surface area contributed by atoms with Crippen LogP contribution in [0.15, 0.2) is 54.6 Å². The molecule has 4 rings (SSSR count). The minimum atomic E-state index is -1.11. The molecule has 3 aromatic rings. The third kappa shape index (κ3) is 5.01. The number of carbonyl (C=O) groups excluding carboxylic acids is 1. The molecule has 0 spiro atoms. The Morgan fingerprint density at radius 2 is 1.82 bits per heavy atom. The Morgan fingerprint density at radius 1 is 1.09 bits per heavy atom. The van der Waals surface area contributed by atoms with E-state index in [1.807, 2.05) is 0 Å². The summed E-state index contributed by atoms with van der Waals surface area (Å²) in [4.78, 5) is 12.8. The third-order valence-electron chi connectivity index (χ3n) is 5.88. The van der Waals surface area contributed by atoms with Crippen LogP contribution in [0.5, 0.6) is 0 Å². The maximum absolute atomic E-state index is 14.6. The van der Waals surface area contributed by atoms with E-state index in [0.29, 0.717) is 23.6 Å². The first-order valence-corrected chi connectivity index (χ1v) is 10.8. The van der Waals surface area contributed by atoms with E-state index in [1.54, 1.807) is 38.1 Å². The van der Waals surface area contributed by atoms with Crippen LogP contribution in [0.1, 0.15) is 38.7 Å². The fourth-order valence-corrected chi connectivity index (χ4v) is 4.07. The lowest BCUT2D eigenvalue weighted by Crippen LogP contribution is -2.42. The Morgan fingerprint density at radius 3 is 2.36 bits per heavy atom. The number of halogens is 2. The number of anilines is 2. The topological polar surface area (TPSA) is 78.4 Å². The number of carbonyl (C=O) groups is 1. The van der Waals surface area contributed by atoms with Gasteiger partial charge in [-0.05, 0) is 81.1 Å². The smallest absolute Gasteiger partial charge is 0.214 e. The van der Waals surface area contributed by atoms with E-state index in [1.165, 1.54) is 35.2 Å². The van der Waals surface area contributed by atoms with Crippen LogP contribution in [-0.2, 0) is 10.3 Å². The highest BCUT2D eigenvalue weighted by atomic mass is 19.1. The highest BCUT2D eigenvalue weighted by molar-refractivity contribution is 5.78. The molecule has 0 atom stereocenters. The summed E-state index contributed by atoms with van der Waals surface area (Å²) in [5.41, 5.74) is 0.517. The Hall–Kier alpha value is -3.39. The molecule has 2 N–H and O–H groups in total. The maximum Gasteiger partial charge on any atom is 0.214 e.